The Morgan fingerprint density at radius 1 is 1.28 bits per heavy atom. The van der Waals surface area contributed by atoms with Crippen LogP contribution in [0.3, 0.4) is 0 Å². The molecule has 0 aliphatic heterocycles. The first-order valence-electron chi connectivity index (χ1n) is 6.37. The fraction of sp³-hybridized carbons (Fsp3) is 0.533. The van der Waals surface area contributed by atoms with Gasteiger partial charge in [0.25, 0.3) is 0 Å². The van der Waals surface area contributed by atoms with Crippen LogP contribution in [0.2, 0.25) is 0 Å². The third kappa shape index (κ3) is 3.76. The van der Waals surface area contributed by atoms with Crippen molar-refractivity contribution in [1.82, 2.24) is 0 Å². The Bertz CT molecular complexity index is 399. The Morgan fingerprint density at radius 2 is 2.00 bits per heavy atom. The molecular formula is C15H22O3. The van der Waals surface area contributed by atoms with Crippen molar-refractivity contribution in [2.24, 2.45) is 5.92 Å². The summed E-state index contributed by atoms with van der Waals surface area (Å²) in [4.78, 5) is 12.2. The highest BCUT2D eigenvalue weighted by Gasteiger charge is 2.15. The molecular weight excluding hydrogens is 228 g/mol. The molecule has 0 saturated carbocycles. The molecule has 3 nitrogen and oxygen atoms in total. The van der Waals surface area contributed by atoms with E-state index in [2.05, 4.69) is 13.8 Å². The molecule has 0 spiro atoms. The van der Waals surface area contributed by atoms with Crippen molar-refractivity contribution >= 4 is 5.78 Å². The molecule has 0 aliphatic rings. The largest absolute Gasteiger partial charge is 0.497 e. The maximum atomic E-state index is 12.2. The molecule has 18 heavy (non-hydrogen) atoms. The van der Waals surface area contributed by atoms with E-state index in [-0.39, 0.29) is 5.78 Å². The molecule has 0 radical (unpaired) electrons. The Morgan fingerprint density at radius 3 is 2.56 bits per heavy atom. The second-order valence-electron chi connectivity index (χ2n) is 4.59. The van der Waals surface area contributed by atoms with Crippen molar-refractivity contribution in [3.05, 3.63) is 23.8 Å². The summed E-state index contributed by atoms with van der Waals surface area (Å²) in [5.74, 6) is 1.83. The molecule has 0 saturated heterocycles. The summed E-state index contributed by atoms with van der Waals surface area (Å²) in [5, 5.41) is 0. The van der Waals surface area contributed by atoms with Crippen LogP contribution in [-0.2, 0) is 0 Å². The predicted octanol–water partition coefficient (Wildman–Crippen LogP) is 3.71. The molecule has 100 valence electrons. The molecule has 0 amide bonds. The van der Waals surface area contributed by atoms with Gasteiger partial charge in [0.15, 0.2) is 5.78 Å². The van der Waals surface area contributed by atoms with E-state index in [4.69, 9.17) is 9.47 Å². The molecule has 1 atom stereocenters. The number of ether oxygens (including phenoxy) is 2. The molecule has 0 heterocycles. The van der Waals surface area contributed by atoms with Crippen molar-refractivity contribution in [2.45, 2.75) is 33.1 Å². The average molecular weight is 250 g/mol. The maximum absolute atomic E-state index is 12.2. The number of methoxy groups -OCH3 is 2. The van der Waals surface area contributed by atoms with Gasteiger partial charge in [-0.1, -0.05) is 26.7 Å². The van der Waals surface area contributed by atoms with Crippen LogP contribution in [0.5, 0.6) is 11.5 Å². The number of carbonyl (C=O) groups is 1. The normalized spacial score (nSPS) is 12.0. The second-order valence-corrected chi connectivity index (χ2v) is 4.59. The van der Waals surface area contributed by atoms with Crippen LogP contribution in [-0.4, -0.2) is 20.0 Å². The van der Waals surface area contributed by atoms with E-state index in [1.807, 2.05) is 0 Å². The van der Waals surface area contributed by atoms with Gasteiger partial charge in [-0.05, 0) is 18.1 Å². The third-order valence-corrected chi connectivity index (χ3v) is 3.02. The van der Waals surface area contributed by atoms with E-state index in [0.717, 1.165) is 12.8 Å². The average Bonchev–Trinajstić information content (AvgIpc) is 2.38. The molecule has 0 fully saturated rings. The quantitative estimate of drug-likeness (QED) is 0.692. The van der Waals surface area contributed by atoms with Gasteiger partial charge in [0, 0.05) is 12.5 Å². The van der Waals surface area contributed by atoms with Crippen LogP contribution in [0.1, 0.15) is 43.5 Å². The SMILES string of the molecule is CCCC(C)CC(=O)c1ccc(OC)cc1OC. The lowest BCUT2D eigenvalue weighted by atomic mass is 9.95. The van der Waals surface area contributed by atoms with E-state index in [9.17, 15) is 4.79 Å². The molecule has 0 bridgehead atoms. The minimum atomic E-state index is 0.135. The summed E-state index contributed by atoms with van der Waals surface area (Å²) in [7, 11) is 3.17. The highest BCUT2D eigenvalue weighted by atomic mass is 16.5. The standard InChI is InChI=1S/C15H22O3/c1-5-6-11(2)9-14(16)13-8-7-12(17-3)10-15(13)18-4/h7-8,10-11H,5-6,9H2,1-4H3. The lowest BCUT2D eigenvalue weighted by Gasteiger charge is -2.12. The van der Waals surface area contributed by atoms with Crippen molar-refractivity contribution in [3.8, 4) is 11.5 Å². The number of rotatable bonds is 7. The lowest BCUT2D eigenvalue weighted by molar-refractivity contribution is 0.0959. The zero-order valence-electron chi connectivity index (χ0n) is 11.7. The zero-order valence-corrected chi connectivity index (χ0v) is 11.7. The van der Waals surface area contributed by atoms with Crippen molar-refractivity contribution in [1.29, 1.82) is 0 Å². The second kappa shape index (κ2) is 7.04. The van der Waals surface area contributed by atoms with Crippen LogP contribution < -0.4 is 9.47 Å². The Hall–Kier alpha value is -1.51. The minimum Gasteiger partial charge on any atom is -0.497 e. The van der Waals surface area contributed by atoms with Crippen LogP contribution in [0.25, 0.3) is 0 Å². The summed E-state index contributed by atoms with van der Waals surface area (Å²) in [6.07, 6.45) is 2.74. The summed E-state index contributed by atoms with van der Waals surface area (Å²) in [6, 6.07) is 5.32. The monoisotopic (exact) mass is 250 g/mol. The van der Waals surface area contributed by atoms with Crippen molar-refractivity contribution in [3.63, 3.8) is 0 Å². The van der Waals surface area contributed by atoms with Gasteiger partial charge in [-0.15, -0.1) is 0 Å². The van der Waals surface area contributed by atoms with Crippen LogP contribution in [0.15, 0.2) is 18.2 Å². The predicted molar refractivity (Wildman–Crippen MR) is 72.6 cm³/mol. The summed E-state index contributed by atoms with van der Waals surface area (Å²) in [5.41, 5.74) is 0.640. The highest BCUT2D eigenvalue weighted by molar-refractivity contribution is 5.99. The van der Waals surface area contributed by atoms with Gasteiger partial charge in [-0.3, -0.25) is 4.79 Å². The van der Waals surface area contributed by atoms with Gasteiger partial charge < -0.3 is 9.47 Å². The summed E-state index contributed by atoms with van der Waals surface area (Å²) < 4.78 is 10.4. The first-order chi connectivity index (χ1) is 8.62. The van der Waals surface area contributed by atoms with E-state index in [0.29, 0.717) is 29.4 Å². The topological polar surface area (TPSA) is 35.5 Å². The molecule has 1 unspecified atom stereocenters. The number of ketones is 1. The molecule has 0 N–H and O–H groups in total. The first kappa shape index (κ1) is 14.6. The maximum Gasteiger partial charge on any atom is 0.166 e. The smallest absolute Gasteiger partial charge is 0.166 e. The van der Waals surface area contributed by atoms with Gasteiger partial charge in [-0.2, -0.15) is 0 Å². The van der Waals surface area contributed by atoms with Gasteiger partial charge in [0.05, 0.1) is 19.8 Å². The number of hydrogen-bond acceptors (Lipinski definition) is 3. The van der Waals surface area contributed by atoms with E-state index in [1.165, 1.54) is 0 Å². The van der Waals surface area contributed by atoms with Crippen molar-refractivity contribution in [2.75, 3.05) is 14.2 Å². The number of Topliss-reactive ketones (excluding diaryl/α,β-unsaturated/α-hetero) is 1. The molecule has 0 aliphatic carbocycles. The molecule has 1 rings (SSSR count). The first-order valence-corrected chi connectivity index (χ1v) is 6.37. The van der Waals surface area contributed by atoms with Crippen LogP contribution >= 0.6 is 0 Å². The molecule has 1 aromatic carbocycles. The fourth-order valence-corrected chi connectivity index (χ4v) is 2.05. The van der Waals surface area contributed by atoms with E-state index in [1.54, 1.807) is 32.4 Å². The van der Waals surface area contributed by atoms with Gasteiger partial charge in [-0.25, -0.2) is 0 Å². The lowest BCUT2D eigenvalue weighted by Crippen LogP contribution is -2.07. The van der Waals surface area contributed by atoms with Crippen LogP contribution in [0, 0.1) is 5.92 Å². The van der Waals surface area contributed by atoms with Gasteiger partial charge in [0.2, 0.25) is 0 Å². The van der Waals surface area contributed by atoms with Gasteiger partial charge >= 0.3 is 0 Å². The number of carbonyl (C=O) groups excluding carboxylic acids is 1. The molecule has 3 heteroatoms. The van der Waals surface area contributed by atoms with Gasteiger partial charge in [0.1, 0.15) is 11.5 Å². The van der Waals surface area contributed by atoms with Crippen LogP contribution in [0.4, 0.5) is 0 Å². The van der Waals surface area contributed by atoms with E-state index < -0.39 is 0 Å². The Labute approximate surface area is 109 Å². The van der Waals surface area contributed by atoms with E-state index >= 15 is 0 Å². The zero-order chi connectivity index (χ0) is 13.5. The summed E-state index contributed by atoms with van der Waals surface area (Å²) in [6.45, 7) is 4.24. The Kier molecular flexibility index (Phi) is 5.69. The summed E-state index contributed by atoms with van der Waals surface area (Å²) >= 11 is 0. The molecule has 1 aromatic rings. The molecule has 0 aromatic heterocycles. The van der Waals surface area contributed by atoms with Crippen molar-refractivity contribution < 1.29 is 14.3 Å². The fourth-order valence-electron chi connectivity index (χ4n) is 2.05. The third-order valence-electron chi connectivity index (χ3n) is 3.02. The minimum absolute atomic E-state index is 0.135. The highest BCUT2D eigenvalue weighted by Crippen LogP contribution is 2.27. The number of benzene rings is 1. The number of hydrogen-bond donors (Lipinski definition) is 0. The Balaban J connectivity index is 2.84.